The van der Waals surface area contributed by atoms with Crippen molar-refractivity contribution in [1.82, 2.24) is 10.6 Å². The maximum absolute atomic E-state index is 11.6. The number of carbonyl (C=O) groups excluding carboxylic acids is 2. The van der Waals surface area contributed by atoms with E-state index in [2.05, 4.69) is 26.6 Å². The summed E-state index contributed by atoms with van der Waals surface area (Å²) >= 11 is 3.31. The normalized spacial score (nSPS) is 11.5. The summed E-state index contributed by atoms with van der Waals surface area (Å²) < 4.78 is 6.27. The van der Waals surface area contributed by atoms with E-state index in [-0.39, 0.29) is 0 Å². The van der Waals surface area contributed by atoms with Crippen LogP contribution in [0.25, 0.3) is 0 Å². The predicted molar refractivity (Wildman–Crippen MR) is 71.4 cm³/mol. The Bertz CT molecular complexity index is 437. The van der Waals surface area contributed by atoms with E-state index >= 15 is 0 Å². The van der Waals surface area contributed by atoms with Crippen LogP contribution in [0.5, 0.6) is 5.75 Å². The molecule has 0 aliphatic carbocycles. The van der Waals surface area contributed by atoms with Crippen molar-refractivity contribution >= 4 is 27.9 Å². The lowest BCUT2D eigenvalue weighted by Crippen LogP contribution is -2.45. The second kappa shape index (κ2) is 7.00. The highest BCUT2D eigenvalue weighted by Gasteiger charge is 2.16. The van der Waals surface area contributed by atoms with Crippen molar-refractivity contribution in [2.24, 2.45) is 0 Å². The minimum atomic E-state index is -0.748. The average molecular weight is 315 g/mol. The average Bonchev–Trinajstić information content (AvgIpc) is 2.29. The highest BCUT2D eigenvalue weighted by Crippen LogP contribution is 2.18. The van der Waals surface area contributed by atoms with Crippen LogP contribution in [0.4, 0.5) is 4.79 Å². The molecule has 0 aliphatic heterocycles. The van der Waals surface area contributed by atoms with Gasteiger partial charge in [0.05, 0.1) is 0 Å². The summed E-state index contributed by atoms with van der Waals surface area (Å²) in [7, 11) is 0. The highest BCUT2D eigenvalue weighted by molar-refractivity contribution is 9.10. The molecule has 0 spiro atoms. The zero-order valence-electron chi connectivity index (χ0n) is 10.2. The second-order valence-corrected chi connectivity index (χ2v) is 4.48. The molecule has 1 aromatic rings. The number of hydrogen-bond acceptors (Lipinski definition) is 3. The standard InChI is InChI=1S/C12H15BrN2O3/c1-3-14-12(17)15-11(16)8(2)18-10-6-4-5-9(13)7-10/h4-8H,3H2,1-2H3,(H2,14,15,16,17)/t8-/m0/s1. The van der Waals surface area contributed by atoms with Gasteiger partial charge >= 0.3 is 6.03 Å². The van der Waals surface area contributed by atoms with E-state index in [0.717, 1.165) is 4.47 Å². The van der Waals surface area contributed by atoms with Crippen molar-refractivity contribution in [3.05, 3.63) is 28.7 Å². The summed E-state index contributed by atoms with van der Waals surface area (Å²) in [6, 6.07) is 6.61. The van der Waals surface area contributed by atoms with Gasteiger partial charge in [0.2, 0.25) is 0 Å². The SMILES string of the molecule is CCNC(=O)NC(=O)[C@H](C)Oc1cccc(Br)c1. The molecule has 1 rings (SSSR count). The summed E-state index contributed by atoms with van der Waals surface area (Å²) in [6.45, 7) is 3.81. The molecule has 0 radical (unpaired) electrons. The zero-order valence-corrected chi connectivity index (χ0v) is 11.8. The van der Waals surface area contributed by atoms with Crippen LogP contribution in [0.2, 0.25) is 0 Å². The second-order valence-electron chi connectivity index (χ2n) is 3.57. The van der Waals surface area contributed by atoms with Gasteiger partial charge in [0, 0.05) is 11.0 Å². The molecular weight excluding hydrogens is 300 g/mol. The van der Waals surface area contributed by atoms with Crippen molar-refractivity contribution in [2.45, 2.75) is 20.0 Å². The maximum atomic E-state index is 11.6. The number of benzene rings is 1. The first-order chi connectivity index (χ1) is 8.52. The summed E-state index contributed by atoms with van der Waals surface area (Å²) in [6.07, 6.45) is -0.748. The van der Waals surface area contributed by atoms with Gasteiger partial charge in [-0.1, -0.05) is 22.0 Å². The number of nitrogens with one attached hydrogen (secondary N) is 2. The Labute approximate surface area is 114 Å². The zero-order chi connectivity index (χ0) is 13.5. The fourth-order valence-corrected chi connectivity index (χ4v) is 1.59. The van der Waals surface area contributed by atoms with Gasteiger partial charge < -0.3 is 10.1 Å². The van der Waals surface area contributed by atoms with E-state index in [9.17, 15) is 9.59 Å². The Morgan fingerprint density at radius 3 is 2.78 bits per heavy atom. The number of hydrogen-bond donors (Lipinski definition) is 2. The fraction of sp³-hybridized carbons (Fsp3) is 0.333. The molecule has 98 valence electrons. The molecule has 0 unspecified atom stereocenters. The van der Waals surface area contributed by atoms with Crippen LogP contribution in [0.15, 0.2) is 28.7 Å². The maximum Gasteiger partial charge on any atom is 0.321 e. The first-order valence-electron chi connectivity index (χ1n) is 5.54. The van der Waals surface area contributed by atoms with Crippen LogP contribution in [0, 0.1) is 0 Å². The number of halogens is 1. The molecule has 1 aromatic carbocycles. The molecule has 0 heterocycles. The van der Waals surface area contributed by atoms with Crippen molar-refractivity contribution < 1.29 is 14.3 Å². The minimum Gasteiger partial charge on any atom is -0.481 e. The van der Waals surface area contributed by atoms with Gasteiger partial charge in [-0.25, -0.2) is 4.79 Å². The van der Waals surface area contributed by atoms with Crippen LogP contribution in [0.1, 0.15) is 13.8 Å². The molecule has 0 fully saturated rings. The molecule has 3 amide bonds. The van der Waals surface area contributed by atoms with Crippen LogP contribution in [-0.2, 0) is 4.79 Å². The lowest BCUT2D eigenvalue weighted by Gasteiger charge is -2.14. The van der Waals surface area contributed by atoms with Gasteiger partial charge in [0.1, 0.15) is 5.75 Å². The summed E-state index contributed by atoms with van der Waals surface area (Å²) in [5.41, 5.74) is 0. The van der Waals surface area contributed by atoms with Crippen molar-refractivity contribution in [2.75, 3.05) is 6.54 Å². The lowest BCUT2D eigenvalue weighted by molar-refractivity contribution is -0.126. The van der Waals surface area contributed by atoms with Crippen LogP contribution in [-0.4, -0.2) is 24.6 Å². The molecule has 0 aromatic heterocycles. The van der Waals surface area contributed by atoms with Gasteiger partial charge in [-0.05, 0) is 32.0 Å². The molecule has 18 heavy (non-hydrogen) atoms. The van der Waals surface area contributed by atoms with Gasteiger partial charge in [-0.2, -0.15) is 0 Å². The molecule has 0 saturated carbocycles. The molecule has 1 atom stereocenters. The fourth-order valence-electron chi connectivity index (χ4n) is 1.22. The van der Waals surface area contributed by atoms with Gasteiger partial charge in [0.15, 0.2) is 6.10 Å². The molecule has 0 saturated heterocycles. The smallest absolute Gasteiger partial charge is 0.321 e. The molecule has 0 bridgehead atoms. The van der Waals surface area contributed by atoms with Gasteiger partial charge in [-0.15, -0.1) is 0 Å². The van der Waals surface area contributed by atoms with Crippen molar-refractivity contribution in [3.8, 4) is 5.75 Å². The number of carbonyl (C=O) groups is 2. The number of imide groups is 1. The van der Waals surface area contributed by atoms with Crippen molar-refractivity contribution in [1.29, 1.82) is 0 Å². The van der Waals surface area contributed by atoms with Crippen LogP contribution in [0.3, 0.4) is 0 Å². The quantitative estimate of drug-likeness (QED) is 0.894. The monoisotopic (exact) mass is 314 g/mol. The Morgan fingerprint density at radius 1 is 1.44 bits per heavy atom. The Kier molecular flexibility index (Phi) is 5.64. The van der Waals surface area contributed by atoms with E-state index < -0.39 is 18.0 Å². The Hall–Kier alpha value is -1.56. The first kappa shape index (κ1) is 14.5. The molecule has 0 aliphatic rings. The van der Waals surface area contributed by atoms with E-state index in [1.165, 1.54) is 0 Å². The third-order valence-electron chi connectivity index (χ3n) is 2.05. The largest absolute Gasteiger partial charge is 0.481 e. The molecule has 2 N–H and O–H groups in total. The third kappa shape index (κ3) is 4.75. The molecule has 5 nitrogen and oxygen atoms in total. The van der Waals surface area contributed by atoms with Crippen LogP contribution >= 0.6 is 15.9 Å². The first-order valence-corrected chi connectivity index (χ1v) is 6.33. The lowest BCUT2D eigenvalue weighted by atomic mass is 10.3. The van der Waals surface area contributed by atoms with Crippen LogP contribution < -0.4 is 15.4 Å². The Morgan fingerprint density at radius 2 is 2.17 bits per heavy atom. The van der Waals surface area contributed by atoms with E-state index in [1.807, 2.05) is 6.07 Å². The molecule has 6 heteroatoms. The highest BCUT2D eigenvalue weighted by atomic mass is 79.9. The summed E-state index contributed by atoms with van der Waals surface area (Å²) in [5.74, 6) is 0.0730. The van der Waals surface area contributed by atoms with E-state index in [0.29, 0.717) is 12.3 Å². The van der Waals surface area contributed by atoms with E-state index in [1.54, 1.807) is 32.0 Å². The summed E-state index contributed by atoms with van der Waals surface area (Å²) in [4.78, 5) is 22.8. The summed E-state index contributed by atoms with van der Waals surface area (Å²) in [5, 5.41) is 4.66. The number of rotatable bonds is 4. The van der Waals surface area contributed by atoms with Gasteiger partial charge in [0.25, 0.3) is 5.91 Å². The number of amides is 3. The minimum absolute atomic E-state index is 0.458. The predicted octanol–water partition coefficient (Wildman–Crippen LogP) is 2.06. The number of ether oxygens (including phenoxy) is 1. The van der Waals surface area contributed by atoms with E-state index in [4.69, 9.17) is 4.74 Å². The topological polar surface area (TPSA) is 67.4 Å². The van der Waals surface area contributed by atoms with Gasteiger partial charge in [-0.3, -0.25) is 10.1 Å². The number of urea groups is 1. The van der Waals surface area contributed by atoms with Crippen molar-refractivity contribution in [3.63, 3.8) is 0 Å². The Balaban J connectivity index is 2.52. The molecular formula is C12H15BrN2O3. The third-order valence-corrected chi connectivity index (χ3v) is 2.55.